The summed E-state index contributed by atoms with van der Waals surface area (Å²) >= 11 is 0. The van der Waals surface area contributed by atoms with Crippen LogP contribution in [0.25, 0.3) is 0 Å². The number of likely N-dealkylation sites (tertiary alicyclic amines) is 1. The summed E-state index contributed by atoms with van der Waals surface area (Å²) in [6.45, 7) is 3.45. The fourth-order valence-electron chi connectivity index (χ4n) is 5.56. The Bertz CT molecular complexity index is 577. The Morgan fingerprint density at radius 1 is 1.04 bits per heavy atom. The fourth-order valence-corrected chi connectivity index (χ4v) is 5.56. The molecule has 136 valence electrons. The quantitative estimate of drug-likeness (QED) is 0.783. The Hall–Kier alpha value is -1.12. The first-order valence-electron chi connectivity index (χ1n) is 10.4. The second kappa shape index (κ2) is 7.63. The van der Waals surface area contributed by atoms with Gasteiger partial charge in [0.05, 0.1) is 5.60 Å². The number of hydrogen-bond acceptors (Lipinski definition) is 2. The van der Waals surface area contributed by atoms with Crippen molar-refractivity contribution in [3.05, 3.63) is 48.0 Å². The van der Waals surface area contributed by atoms with Crippen LogP contribution in [0, 0.1) is 17.8 Å². The Morgan fingerprint density at radius 3 is 2.64 bits per heavy atom. The minimum Gasteiger partial charge on any atom is -0.385 e. The maximum atomic E-state index is 12.0. The number of fused-ring (bicyclic) bond motifs is 2. The van der Waals surface area contributed by atoms with Gasteiger partial charge in [0, 0.05) is 6.54 Å². The monoisotopic (exact) mass is 339 g/mol. The molecule has 1 aromatic rings. The van der Waals surface area contributed by atoms with Crippen molar-refractivity contribution in [2.75, 3.05) is 19.6 Å². The molecule has 2 nitrogen and oxygen atoms in total. The summed E-state index contributed by atoms with van der Waals surface area (Å²) in [5.74, 6) is 1.73. The van der Waals surface area contributed by atoms with Crippen LogP contribution in [0.5, 0.6) is 0 Å². The van der Waals surface area contributed by atoms with Crippen LogP contribution in [0.15, 0.2) is 42.5 Å². The maximum absolute atomic E-state index is 12.0. The molecule has 25 heavy (non-hydrogen) atoms. The van der Waals surface area contributed by atoms with Crippen LogP contribution in [0.3, 0.4) is 0 Å². The SMILES string of the molecule is O[C@](CCN1CCCCC1)(c1ccccc1)C1CC2CCC=CC1C2. The lowest BCUT2D eigenvalue weighted by atomic mass is 9.73. The normalized spacial score (nSPS) is 32.3. The van der Waals surface area contributed by atoms with Crippen molar-refractivity contribution in [2.45, 2.75) is 57.0 Å². The molecule has 0 radical (unpaired) electrons. The van der Waals surface area contributed by atoms with Crippen molar-refractivity contribution in [3.63, 3.8) is 0 Å². The number of aliphatic hydroxyl groups is 1. The van der Waals surface area contributed by atoms with E-state index in [2.05, 4.69) is 47.4 Å². The molecule has 2 heteroatoms. The molecule has 2 fully saturated rings. The molecule has 1 heterocycles. The fraction of sp³-hybridized carbons (Fsp3) is 0.652. The second-order valence-corrected chi connectivity index (χ2v) is 8.56. The predicted octanol–water partition coefficient (Wildman–Crippen LogP) is 4.74. The highest BCUT2D eigenvalue weighted by atomic mass is 16.3. The second-order valence-electron chi connectivity index (χ2n) is 8.56. The average molecular weight is 340 g/mol. The van der Waals surface area contributed by atoms with Crippen molar-refractivity contribution < 1.29 is 5.11 Å². The van der Waals surface area contributed by atoms with E-state index in [1.54, 1.807) is 0 Å². The van der Waals surface area contributed by atoms with Gasteiger partial charge in [-0.2, -0.15) is 0 Å². The van der Waals surface area contributed by atoms with E-state index in [0.29, 0.717) is 11.8 Å². The topological polar surface area (TPSA) is 23.5 Å². The van der Waals surface area contributed by atoms with Crippen LogP contribution in [0.2, 0.25) is 0 Å². The van der Waals surface area contributed by atoms with Gasteiger partial charge < -0.3 is 10.0 Å². The molecular formula is C23H33NO. The van der Waals surface area contributed by atoms with Gasteiger partial charge in [0.25, 0.3) is 0 Å². The third-order valence-corrected chi connectivity index (χ3v) is 6.98. The molecule has 3 unspecified atom stereocenters. The summed E-state index contributed by atoms with van der Waals surface area (Å²) in [5.41, 5.74) is 0.455. The largest absolute Gasteiger partial charge is 0.385 e. The molecule has 3 aliphatic rings. The van der Waals surface area contributed by atoms with Gasteiger partial charge in [-0.1, -0.05) is 48.9 Å². The average Bonchev–Trinajstić information content (AvgIpc) is 2.93. The zero-order valence-electron chi connectivity index (χ0n) is 15.4. The van der Waals surface area contributed by atoms with E-state index in [9.17, 15) is 5.11 Å². The number of nitrogens with zero attached hydrogens (tertiary/aromatic N) is 1. The van der Waals surface area contributed by atoms with E-state index >= 15 is 0 Å². The Morgan fingerprint density at radius 2 is 1.84 bits per heavy atom. The molecule has 4 rings (SSSR count). The number of rotatable bonds is 5. The lowest BCUT2D eigenvalue weighted by Gasteiger charge is -2.40. The molecule has 0 amide bonds. The summed E-state index contributed by atoms with van der Waals surface area (Å²) in [4.78, 5) is 2.57. The van der Waals surface area contributed by atoms with Crippen LogP contribution in [0.1, 0.15) is 56.9 Å². The van der Waals surface area contributed by atoms with Crippen molar-refractivity contribution in [1.29, 1.82) is 0 Å². The molecule has 1 N–H and O–H groups in total. The number of hydrogen-bond donors (Lipinski definition) is 1. The third kappa shape index (κ3) is 3.71. The molecule has 0 spiro atoms. The Balaban J connectivity index is 1.57. The van der Waals surface area contributed by atoms with E-state index in [1.165, 1.54) is 58.0 Å². The van der Waals surface area contributed by atoms with Crippen molar-refractivity contribution in [3.8, 4) is 0 Å². The molecule has 0 aromatic heterocycles. The van der Waals surface area contributed by atoms with Crippen LogP contribution in [-0.2, 0) is 5.60 Å². The van der Waals surface area contributed by atoms with Crippen LogP contribution in [0.4, 0.5) is 0 Å². The van der Waals surface area contributed by atoms with Crippen LogP contribution >= 0.6 is 0 Å². The lowest BCUT2D eigenvalue weighted by molar-refractivity contribution is -0.0492. The number of allylic oxidation sites excluding steroid dienone is 2. The summed E-state index contributed by atoms with van der Waals surface area (Å²) in [6.07, 6.45) is 14.7. The molecular weight excluding hydrogens is 306 g/mol. The van der Waals surface area contributed by atoms with Gasteiger partial charge in [-0.25, -0.2) is 0 Å². The molecule has 2 aliphatic carbocycles. The molecule has 4 atom stereocenters. The highest BCUT2D eigenvalue weighted by molar-refractivity contribution is 5.25. The molecule has 1 saturated heterocycles. The highest BCUT2D eigenvalue weighted by Crippen LogP contribution is 2.51. The zero-order valence-corrected chi connectivity index (χ0v) is 15.4. The number of piperidine rings is 1. The minimum atomic E-state index is -0.681. The summed E-state index contributed by atoms with van der Waals surface area (Å²) in [6, 6.07) is 10.5. The molecule has 1 saturated carbocycles. The molecule has 1 aromatic carbocycles. The van der Waals surface area contributed by atoms with Crippen molar-refractivity contribution in [2.24, 2.45) is 17.8 Å². The van der Waals surface area contributed by atoms with Crippen LogP contribution < -0.4 is 0 Å². The zero-order chi connectivity index (χ0) is 17.1. The number of benzene rings is 1. The summed E-state index contributed by atoms with van der Waals surface area (Å²) in [7, 11) is 0. The van der Waals surface area contributed by atoms with Gasteiger partial charge in [-0.05, 0) is 81.4 Å². The minimum absolute atomic E-state index is 0.376. The standard InChI is InChI=1S/C23H33NO/c25-23(21-11-3-1-4-12-21,13-16-24-14-7-2-8-15-24)22-18-19-9-5-6-10-20(22)17-19/h1,3-4,6,10-12,19-20,22,25H,2,5,7-9,13-18H2/t19?,20?,22?,23-/m1/s1. The molecule has 1 aliphatic heterocycles. The maximum Gasteiger partial charge on any atom is 0.0942 e. The van der Waals surface area contributed by atoms with E-state index < -0.39 is 5.60 Å². The van der Waals surface area contributed by atoms with Gasteiger partial charge in [0.2, 0.25) is 0 Å². The Kier molecular flexibility index (Phi) is 5.28. The first-order valence-corrected chi connectivity index (χ1v) is 10.4. The highest BCUT2D eigenvalue weighted by Gasteiger charge is 2.47. The van der Waals surface area contributed by atoms with E-state index in [1.807, 2.05) is 0 Å². The Labute approximate surface area is 152 Å². The van der Waals surface area contributed by atoms with E-state index in [0.717, 1.165) is 24.4 Å². The van der Waals surface area contributed by atoms with Gasteiger partial charge in [-0.3, -0.25) is 0 Å². The van der Waals surface area contributed by atoms with Crippen molar-refractivity contribution in [1.82, 2.24) is 4.90 Å². The summed E-state index contributed by atoms with van der Waals surface area (Å²) < 4.78 is 0. The third-order valence-electron chi connectivity index (χ3n) is 6.98. The smallest absolute Gasteiger partial charge is 0.0942 e. The van der Waals surface area contributed by atoms with E-state index in [4.69, 9.17) is 0 Å². The first kappa shape index (κ1) is 17.3. The van der Waals surface area contributed by atoms with Crippen molar-refractivity contribution >= 4 is 0 Å². The molecule has 2 bridgehead atoms. The summed E-state index contributed by atoms with van der Waals surface area (Å²) in [5, 5.41) is 12.0. The van der Waals surface area contributed by atoms with Gasteiger partial charge in [-0.15, -0.1) is 0 Å². The predicted molar refractivity (Wildman–Crippen MR) is 103 cm³/mol. The van der Waals surface area contributed by atoms with Gasteiger partial charge in [0.1, 0.15) is 0 Å². The lowest BCUT2D eigenvalue weighted by Crippen LogP contribution is -2.41. The van der Waals surface area contributed by atoms with Gasteiger partial charge >= 0.3 is 0 Å². The van der Waals surface area contributed by atoms with Crippen LogP contribution in [-0.4, -0.2) is 29.6 Å². The first-order chi connectivity index (χ1) is 12.3. The van der Waals surface area contributed by atoms with E-state index in [-0.39, 0.29) is 0 Å². The van der Waals surface area contributed by atoms with Gasteiger partial charge in [0.15, 0.2) is 0 Å².